The fourth-order valence-corrected chi connectivity index (χ4v) is 1.44. The Bertz CT molecular complexity index is 482. The van der Waals surface area contributed by atoms with E-state index in [0.717, 1.165) is 12.1 Å². The van der Waals surface area contributed by atoms with Crippen LogP contribution in [0.15, 0.2) is 18.2 Å². The van der Waals surface area contributed by atoms with Crippen molar-refractivity contribution >= 4 is 23.2 Å². The SMILES string of the molecule is CC(C)(O)CNC(=O)c1cc(Cl)cc([N+](=O)[O-])c1. The van der Waals surface area contributed by atoms with Crippen molar-refractivity contribution in [1.29, 1.82) is 0 Å². The topological polar surface area (TPSA) is 92.5 Å². The van der Waals surface area contributed by atoms with Crippen molar-refractivity contribution in [2.45, 2.75) is 19.4 Å². The molecule has 0 heterocycles. The van der Waals surface area contributed by atoms with E-state index in [2.05, 4.69) is 5.32 Å². The highest BCUT2D eigenvalue weighted by Gasteiger charge is 2.17. The van der Waals surface area contributed by atoms with E-state index in [4.69, 9.17) is 11.6 Å². The molecule has 2 N–H and O–H groups in total. The van der Waals surface area contributed by atoms with Crippen molar-refractivity contribution in [1.82, 2.24) is 5.32 Å². The van der Waals surface area contributed by atoms with Crippen LogP contribution < -0.4 is 5.32 Å². The molecular weight excluding hydrogens is 260 g/mol. The number of nitro benzene ring substituents is 1. The van der Waals surface area contributed by atoms with Gasteiger partial charge >= 0.3 is 0 Å². The van der Waals surface area contributed by atoms with Gasteiger partial charge in [0.25, 0.3) is 11.6 Å². The van der Waals surface area contributed by atoms with Gasteiger partial charge in [0.05, 0.1) is 10.5 Å². The largest absolute Gasteiger partial charge is 0.389 e. The molecule has 0 radical (unpaired) electrons. The number of rotatable bonds is 4. The minimum atomic E-state index is -1.06. The van der Waals surface area contributed by atoms with Gasteiger partial charge in [-0.3, -0.25) is 14.9 Å². The third-order valence-corrected chi connectivity index (χ3v) is 2.26. The molecule has 0 fully saturated rings. The second-order valence-electron chi connectivity index (χ2n) is 4.45. The van der Waals surface area contributed by atoms with Crippen molar-refractivity contribution in [3.8, 4) is 0 Å². The molecule has 0 saturated carbocycles. The van der Waals surface area contributed by atoms with E-state index in [-0.39, 0.29) is 22.8 Å². The van der Waals surface area contributed by atoms with E-state index < -0.39 is 16.4 Å². The summed E-state index contributed by atoms with van der Waals surface area (Å²) < 4.78 is 0. The van der Waals surface area contributed by atoms with Gasteiger partial charge in [0.1, 0.15) is 0 Å². The number of hydrogen-bond acceptors (Lipinski definition) is 4. The third kappa shape index (κ3) is 4.31. The van der Waals surface area contributed by atoms with Crippen LogP contribution in [0.5, 0.6) is 0 Å². The van der Waals surface area contributed by atoms with E-state index in [9.17, 15) is 20.0 Å². The predicted octanol–water partition coefficient (Wildman–Crippen LogP) is 1.75. The summed E-state index contributed by atoms with van der Waals surface area (Å²) in [5, 5.41) is 22.7. The average Bonchev–Trinajstić information content (AvgIpc) is 2.23. The molecule has 98 valence electrons. The van der Waals surface area contributed by atoms with Crippen LogP contribution in [0.4, 0.5) is 5.69 Å². The molecule has 0 bridgehead atoms. The highest BCUT2D eigenvalue weighted by molar-refractivity contribution is 6.31. The van der Waals surface area contributed by atoms with E-state index in [1.807, 2.05) is 0 Å². The lowest BCUT2D eigenvalue weighted by molar-refractivity contribution is -0.384. The molecule has 1 aromatic rings. The van der Waals surface area contributed by atoms with Gasteiger partial charge in [-0.25, -0.2) is 0 Å². The van der Waals surface area contributed by atoms with Crippen molar-refractivity contribution in [2.75, 3.05) is 6.54 Å². The first-order chi connectivity index (χ1) is 8.19. The summed E-state index contributed by atoms with van der Waals surface area (Å²) in [6.07, 6.45) is 0. The van der Waals surface area contributed by atoms with Gasteiger partial charge < -0.3 is 10.4 Å². The Labute approximate surface area is 109 Å². The second-order valence-corrected chi connectivity index (χ2v) is 4.89. The van der Waals surface area contributed by atoms with Crippen molar-refractivity contribution in [3.05, 3.63) is 38.9 Å². The van der Waals surface area contributed by atoms with Crippen LogP contribution >= 0.6 is 11.6 Å². The average molecular weight is 273 g/mol. The van der Waals surface area contributed by atoms with Gasteiger partial charge in [-0.05, 0) is 19.9 Å². The Balaban J connectivity index is 2.89. The molecule has 1 amide bonds. The van der Waals surface area contributed by atoms with E-state index in [1.54, 1.807) is 0 Å². The smallest absolute Gasteiger partial charge is 0.271 e. The zero-order chi connectivity index (χ0) is 13.9. The maximum absolute atomic E-state index is 11.7. The van der Waals surface area contributed by atoms with E-state index in [0.29, 0.717) is 0 Å². The Morgan fingerprint density at radius 2 is 2.11 bits per heavy atom. The predicted molar refractivity (Wildman–Crippen MR) is 66.7 cm³/mol. The molecule has 1 aromatic carbocycles. The summed E-state index contributed by atoms with van der Waals surface area (Å²) in [4.78, 5) is 21.7. The molecule has 0 unspecified atom stereocenters. The van der Waals surface area contributed by atoms with Gasteiger partial charge in [-0.15, -0.1) is 0 Å². The number of nitrogens with one attached hydrogen (secondary N) is 1. The number of aliphatic hydroxyl groups is 1. The van der Waals surface area contributed by atoms with Crippen LogP contribution in [-0.4, -0.2) is 28.1 Å². The summed E-state index contributed by atoms with van der Waals surface area (Å²) >= 11 is 5.69. The fourth-order valence-electron chi connectivity index (χ4n) is 1.21. The Hall–Kier alpha value is -1.66. The molecule has 6 nitrogen and oxygen atoms in total. The molecule has 0 atom stereocenters. The van der Waals surface area contributed by atoms with E-state index in [1.165, 1.54) is 19.9 Å². The first-order valence-corrected chi connectivity index (χ1v) is 5.52. The number of benzene rings is 1. The van der Waals surface area contributed by atoms with Gasteiger partial charge in [0.2, 0.25) is 0 Å². The molecular formula is C11H13ClN2O4. The van der Waals surface area contributed by atoms with Gasteiger partial charge in [-0.1, -0.05) is 11.6 Å². The lowest BCUT2D eigenvalue weighted by atomic mass is 10.1. The second kappa shape index (κ2) is 5.32. The minimum absolute atomic E-state index is 0.0339. The molecule has 0 spiro atoms. The van der Waals surface area contributed by atoms with Crippen LogP contribution in [0.2, 0.25) is 5.02 Å². The van der Waals surface area contributed by atoms with Crippen LogP contribution in [0.1, 0.15) is 24.2 Å². The molecule has 0 saturated heterocycles. The quantitative estimate of drug-likeness (QED) is 0.645. The highest BCUT2D eigenvalue weighted by atomic mass is 35.5. The Morgan fingerprint density at radius 1 is 1.50 bits per heavy atom. The summed E-state index contributed by atoms with van der Waals surface area (Å²) in [6, 6.07) is 3.62. The zero-order valence-corrected chi connectivity index (χ0v) is 10.7. The van der Waals surface area contributed by atoms with Gasteiger partial charge in [0, 0.05) is 29.3 Å². The standard InChI is InChI=1S/C11H13ClN2O4/c1-11(2,16)6-13-10(15)7-3-8(12)5-9(4-7)14(17)18/h3-5,16H,6H2,1-2H3,(H,13,15). The number of carbonyl (C=O) groups is 1. The van der Waals surface area contributed by atoms with Crippen molar-refractivity contribution in [2.24, 2.45) is 0 Å². The Morgan fingerprint density at radius 3 is 2.61 bits per heavy atom. The fraction of sp³-hybridized carbons (Fsp3) is 0.364. The van der Waals surface area contributed by atoms with Crippen molar-refractivity contribution < 1.29 is 14.8 Å². The first kappa shape index (κ1) is 14.4. The number of non-ortho nitro benzene ring substituents is 1. The molecule has 18 heavy (non-hydrogen) atoms. The maximum atomic E-state index is 11.7. The van der Waals surface area contributed by atoms with Crippen LogP contribution in [0, 0.1) is 10.1 Å². The summed E-state index contributed by atoms with van der Waals surface area (Å²) in [5.41, 5.74) is -1.23. The summed E-state index contributed by atoms with van der Waals surface area (Å²) in [6.45, 7) is 3.10. The summed E-state index contributed by atoms with van der Waals surface area (Å²) in [7, 11) is 0. The number of nitro groups is 1. The van der Waals surface area contributed by atoms with Crippen LogP contribution in [0.25, 0.3) is 0 Å². The molecule has 0 aliphatic carbocycles. The lowest BCUT2D eigenvalue weighted by Crippen LogP contribution is -2.38. The van der Waals surface area contributed by atoms with Crippen molar-refractivity contribution in [3.63, 3.8) is 0 Å². The van der Waals surface area contributed by atoms with E-state index >= 15 is 0 Å². The van der Waals surface area contributed by atoms with Crippen LogP contribution in [-0.2, 0) is 0 Å². The zero-order valence-electron chi connectivity index (χ0n) is 9.94. The third-order valence-electron chi connectivity index (χ3n) is 2.04. The number of halogens is 1. The minimum Gasteiger partial charge on any atom is -0.389 e. The van der Waals surface area contributed by atoms with Gasteiger partial charge in [-0.2, -0.15) is 0 Å². The number of amides is 1. The normalized spacial score (nSPS) is 11.1. The number of carbonyl (C=O) groups excluding carboxylic acids is 1. The molecule has 1 rings (SSSR count). The first-order valence-electron chi connectivity index (χ1n) is 5.14. The monoisotopic (exact) mass is 272 g/mol. The van der Waals surface area contributed by atoms with Gasteiger partial charge in [0.15, 0.2) is 0 Å². The summed E-state index contributed by atoms with van der Waals surface area (Å²) in [5.74, 6) is -0.525. The molecule has 7 heteroatoms. The lowest BCUT2D eigenvalue weighted by Gasteiger charge is -2.17. The molecule has 0 aliphatic rings. The highest BCUT2D eigenvalue weighted by Crippen LogP contribution is 2.20. The number of hydrogen-bond donors (Lipinski definition) is 2. The Kier molecular flexibility index (Phi) is 4.26. The van der Waals surface area contributed by atoms with Crippen LogP contribution in [0.3, 0.4) is 0 Å². The maximum Gasteiger partial charge on any atom is 0.271 e. The number of nitrogens with zero attached hydrogens (tertiary/aromatic N) is 1. The molecule has 0 aliphatic heterocycles. The molecule has 0 aromatic heterocycles.